The van der Waals surface area contributed by atoms with Gasteiger partial charge in [-0.1, -0.05) is 54.1 Å². The predicted octanol–water partition coefficient (Wildman–Crippen LogP) is 4.78. The average Bonchev–Trinajstić information content (AvgIpc) is 3.29. The normalized spacial score (nSPS) is 10.9. The number of aromatic nitrogens is 2. The standard InChI is InChI=1S/C24H19ClN4O3/c25-21-10-2-1-6-18(21)15-32-20-9-4-7-17(12-20)22-13-23(28-27-22)24(31)29-26-14-16-5-3-8-19(30)11-16/h1-14,30H,15H2,(H,27,28)(H,29,31)/b26-14+. The molecule has 1 aromatic heterocycles. The van der Waals surface area contributed by atoms with E-state index in [4.69, 9.17) is 16.3 Å². The fourth-order valence-electron chi connectivity index (χ4n) is 2.94. The zero-order valence-corrected chi connectivity index (χ0v) is 17.6. The summed E-state index contributed by atoms with van der Waals surface area (Å²) in [7, 11) is 0. The van der Waals surface area contributed by atoms with Crippen LogP contribution >= 0.6 is 11.6 Å². The van der Waals surface area contributed by atoms with E-state index in [2.05, 4.69) is 20.7 Å². The van der Waals surface area contributed by atoms with Crippen LogP contribution in [0.3, 0.4) is 0 Å². The smallest absolute Gasteiger partial charge is 0.289 e. The summed E-state index contributed by atoms with van der Waals surface area (Å²) in [4.78, 5) is 12.3. The molecule has 1 heterocycles. The number of rotatable bonds is 7. The number of phenols is 1. The summed E-state index contributed by atoms with van der Waals surface area (Å²) in [5.41, 5.74) is 5.62. The molecular weight excluding hydrogens is 428 g/mol. The molecular formula is C24H19ClN4O3. The van der Waals surface area contributed by atoms with Crippen LogP contribution < -0.4 is 10.2 Å². The number of nitrogens with one attached hydrogen (secondary N) is 2. The maximum atomic E-state index is 12.3. The summed E-state index contributed by atoms with van der Waals surface area (Å²) in [5.74, 6) is 0.343. The van der Waals surface area contributed by atoms with Crippen molar-refractivity contribution in [2.75, 3.05) is 0 Å². The molecule has 0 aliphatic rings. The van der Waals surface area contributed by atoms with Crippen LogP contribution in [0.4, 0.5) is 0 Å². The number of phenolic OH excluding ortho intramolecular Hbond substituents is 1. The van der Waals surface area contributed by atoms with Crippen molar-refractivity contribution in [2.24, 2.45) is 5.10 Å². The van der Waals surface area contributed by atoms with E-state index < -0.39 is 5.91 Å². The molecule has 0 spiro atoms. The van der Waals surface area contributed by atoms with Crippen molar-refractivity contribution in [3.05, 3.63) is 101 Å². The average molecular weight is 447 g/mol. The number of ether oxygens (including phenoxy) is 1. The molecule has 0 aliphatic carbocycles. The van der Waals surface area contributed by atoms with Gasteiger partial charge in [-0.25, -0.2) is 5.43 Å². The molecule has 3 N–H and O–H groups in total. The molecule has 1 amide bonds. The van der Waals surface area contributed by atoms with Crippen LogP contribution in [-0.4, -0.2) is 27.4 Å². The first-order chi connectivity index (χ1) is 15.6. The summed E-state index contributed by atoms with van der Waals surface area (Å²) in [5, 5.41) is 20.9. The molecule has 0 fully saturated rings. The summed E-state index contributed by atoms with van der Waals surface area (Å²) < 4.78 is 5.85. The summed E-state index contributed by atoms with van der Waals surface area (Å²) in [6.07, 6.45) is 1.44. The Morgan fingerprint density at radius 2 is 1.94 bits per heavy atom. The van der Waals surface area contributed by atoms with E-state index in [1.807, 2.05) is 48.5 Å². The van der Waals surface area contributed by atoms with E-state index >= 15 is 0 Å². The zero-order chi connectivity index (χ0) is 22.3. The van der Waals surface area contributed by atoms with Crippen molar-refractivity contribution in [3.63, 3.8) is 0 Å². The largest absolute Gasteiger partial charge is 0.508 e. The molecule has 0 saturated carbocycles. The van der Waals surface area contributed by atoms with Gasteiger partial charge in [-0.3, -0.25) is 9.89 Å². The van der Waals surface area contributed by atoms with Crippen LogP contribution in [-0.2, 0) is 6.61 Å². The van der Waals surface area contributed by atoms with E-state index in [1.165, 1.54) is 12.3 Å². The number of carbonyl (C=O) groups excluding carboxylic acids is 1. The van der Waals surface area contributed by atoms with Crippen LogP contribution in [0.2, 0.25) is 5.02 Å². The highest BCUT2D eigenvalue weighted by Crippen LogP contribution is 2.24. The van der Waals surface area contributed by atoms with Crippen molar-refractivity contribution in [3.8, 4) is 22.8 Å². The molecule has 0 aliphatic heterocycles. The number of halogens is 1. The van der Waals surface area contributed by atoms with Gasteiger partial charge < -0.3 is 9.84 Å². The maximum Gasteiger partial charge on any atom is 0.289 e. The van der Waals surface area contributed by atoms with Crippen molar-refractivity contribution < 1.29 is 14.6 Å². The Labute approximate surface area is 189 Å². The van der Waals surface area contributed by atoms with Crippen molar-refractivity contribution in [2.45, 2.75) is 6.61 Å². The monoisotopic (exact) mass is 446 g/mol. The molecule has 0 saturated heterocycles. The Morgan fingerprint density at radius 1 is 1.09 bits per heavy atom. The molecule has 0 atom stereocenters. The third-order valence-corrected chi connectivity index (χ3v) is 4.92. The topological polar surface area (TPSA) is 99.6 Å². The Kier molecular flexibility index (Phi) is 6.48. The Bertz CT molecular complexity index is 1270. The van der Waals surface area contributed by atoms with Gasteiger partial charge in [0.15, 0.2) is 0 Å². The number of carbonyl (C=O) groups is 1. The Hall–Kier alpha value is -4.10. The summed E-state index contributed by atoms with van der Waals surface area (Å²) >= 11 is 6.17. The lowest BCUT2D eigenvalue weighted by Crippen LogP contribution is -2.17. The molecule has 32 heavy (non-hydrogen) atoms. The number of nitrogens with zero attached hydrogens (tertiary/aromatic N) is 2. The quantitative estimate of drug-likeness (QED) is 0.281. The predicted molar refractivity (Wildman–Crippen MR) is 123 cm³/mol. The summed E-state index contributed by atoms with van der Waals surface area (Å²) in [6, 6.07) is 23.1. The molecule has 4 rings (SSSR count). The van der Waals surface area contributed by atoms with Crippen LogP contribution in [0.25, 0.3) is 11.3 Å². The first kappa shape index (κ1) is 21.1. The van der Waals surface area contributed by atoms with E-state index in [-0.39, 0.29) is 11.4 Å². The van der Waals surface area contributed by atoms with Gasteiger partial charge in [-0.15, -0.1) is 0 Å². The minimum absolute atomic E-state index is 0.122. The maximum absolute atomic E-state index is 12.3. The van der Waals surface area contributed by atoms with Gasteiger partial charge in [0.2, 0.25) is 0 Å². The lowest BCUT2D eigenvalue weighted by molar-refractivity contribution is 0.0950. The van der Waals surface area contributed by atoms with Crippen LogP contribution in [0.5, 0.6) is 11.5 Å². The number of H-pyrrole nitrogens is 1. The van der Waals surface area contributed by atoms with Gasteiger partial charge in [-0.05, 0) is 42.0 Å². The summed E-state index contributed by atoms with van der Waals surface area (Å²) in [6.45, 7) is 0.342. The highest BCUT2D eigenvalue weighted by Gasteiger charge is 2.11. The van der Waals surface area contributed by atoms with Gasteiger partial charge in [0.1, 0.15) is 23.8 Å². The van der Waals surface area contributed by atoms with E-state index in [0.717, 1.165) is 11.1 Å². The highest BCUT2D eigenvalue weighted by atomic mass is 35.5. The Balaban J connectivity index is 1.40. The van der Waals surface area contributed by atoms with Crippen LogP contribution in [0.15, 0.2) is 84.0 Å². The molecule has 8 heteroatoms. The second kappa shape index (κ2) is 9.80. The molecule has 160 valence electrons. The number of aromatic amines is 1. The van der Waals surface area contributed by atoms with Gasteiger partial charge in [0, 0.05) is 16.1 Å². The second-order valence-corrected chi connectivity index (χ2v) is 7.28. The third kappa shape index (κ3) is 5.33. The van der Waals surface area contributed by atoms with E-state index in [9.17, 15) is 9.90 Å². The molecule has 0 bridgehead atoms. The minimum Gasteiger partial charge on any atom is -0.508 e. The molecule has 0 radical (unpaired) electrons. The first-order valence-electron chi connectivity index (χ1n) is 9.73. The fraction of sp³-hybridized carbons (Fsp3) is 0.0417. The molecule has 0 unspecified atom stereocenters. The number of aromatic hydroxyl groups is 1. The lowest BCUT2D eigenvalue weighted by atomic mass is 10.1. The highest BCUT2D eigenvalue weighted by molar-refractivity contribution is 6.31. The molecule has 4 aromatic rings. The first-order valence-corrected chi connectivity index (χ1v) is 10.1. The molecule has 7 nitrogen and oxygen atoms in total. The lowest BCUT2D eigenvalue weighted by Gasteiger charge is -2.08. The number of hydrazone groups is 1. The molecule has 3 aromatic carbocycles. The number of amides is 1. The van der Waals surface area contributed by atoms with Gasteiger partial charge in [0.25, 0.3) is 5.91 Å². The van der Waals surface area contributed by atoms with Crippen molar-refractivity contribution in [1.29, 1.82) is 0 Å². The van der Waals surface area contributed by atoms with Gasteiger partial charge in [-0.2, -0.15) is 10.2 Å². The van der Waals surface area contributed by atoms with Crippen LogP contribution in [0, 0.1) is 0 Å². The number of hydrogen-bond acceptors (Lipinski definition) is 5. The number of benzene rings is 3. The van der Waals surface area contributed by atoms with Gasteiger partial charge >= 0.3 is 0 Å². The van der Waals surface area contributed by atoms with Crippen molar-refractivity contribution >= 4 is 23.7 Å². The third-order valence-electron chi connectivity index (χ3n) is 4.55. The SMILES string of the molecule is O=C(N/N=C/c1cccc(O)c1)c1cc(-c2cccc(OCc3ccccc3Cl)c2)n[nH]1. The van der Waals surface area contributed by atoms with E-state index in [1.54, 1.807) is 24.3 Å². The van der Waals surface area contributed by atoms with E-state index in [0.29, 0.717) is 28.6 Å². The van der Waals surface area contributed by atoms with Crippen molar-refractivity contribution in [1.82, 2.24) is 15.6 Å². The fourth-order valence-corrected chi connectivity index (χ4v) is 3.13. The zero-order valence-electron chi connectivity index (χ0n) is 16.8. The minimum atomic E-state index is -0.439. The Morgan fingerprint density at radius 3 is 2.78 bits per heavy atom. The van der Waals surface area contributed by atoms with Crippen LogP contribution in [0.1, 0.15) is 21.6 Å². The second-order valence-electron chi connectivity index (χ2n) is 6.87. The number of hydrogen-bond donors (Lipinski definition) is 3. The van der Waals surface area contributed by atoms with Gasteiger partial charge in [0.05, 0.1) is 11.9 Å².